The van der Waals surface area contributed by atoms with Crippen molar-refractivity contribution in [1.82, 2.24) is 15.5 Å². The third kappa shape index (κ3) is 5.74. The molecule has 1 aliphatic rings. The molecule has 1 aromatic rings. The number of hydrogen-bond acceptors (Lipinski definition) is 5. The van der Waals surface area contributed by atoms with E-state index in [9.17, 15) is 4.79 Å². The highest BCUT2D eigenvalue weighted by Crippen LogP contribution is 2.08. The molecule has 0 aliphatic carbocycles. The van der Waals surface area contributed by atoms with Gasteiger partial charge in [-0.1, -0.05) is 6.07 Å². The van der Waals surface area contributed by atoms with E-state index in [1.54, 1.807) is 11.3 Å². The molecule has 0 spiro atoms. The van der Waals surface area contributed by atoms with Crippen LogP contribution in [0.2, 0.25) is 0 Å². The second-order valence-corrected chi connectivity index (χ2v) is 6.54. The zero-order valence-corrected chi connectivity index (χ0v) is 13.6. The molecule has 1 saturated heterocycles. The Morgan fingerprint density at radius 3 is 3.19 bits per heavy atom. The predicted molar refractivity (Wildman–Crippen MR) is 85.7 cm³/mol. The minimum atomic E-state index is -0.191. The molecule has 1 aromatic heterocycles. The van der Waals surface area contributed by atoms with Crippen molar-refractivity contribution in [3.8, 4) is 0 Å². The number of nitrogens with zero attached hydrogens (tertiary/aromatic N) is 1. The summed E-state index contributed by atoms with van der Waals surface area (Å²) < 4.78 is 5.67. The van der Waals surface area contributed by atoms with Gasteiger partial charge in [0.2, 0.25) is 5.91 Å². The molecule has 0 radical (unpaired) electrons. The Morgan fingerprint density at radius 2 is 2.48 bits per heavy atom. The van der Waals surface area contributed by atoms with Crippen molar-refractivity contribution in [1.29, 1.82) is 0 Å². The van der Waals surface area contributed by atoms with Crippen LogP contribution < -0.4 is 10.6 Å². The molecular formula is C15H25N3O2S. The Labute approximate surface area is 130 Å². The van der Waals surface area contributed by atoms with Crippen LogP contribution in [0.15, 0.2) is 17.5 Å². The normalized spacial score (nSPS) is 21.1. The SMILES string of the molecule is CC(NCC1CN(C)CCO1)C(=O)NCCc1cccs1. The molecule has 1 fully saturated rings. The van der Waals surface area contributed by atoms with Crippen LogP contribution in [0.25, 0.3) is 0 Å². The molecule has 0 bridgehead atoms. The van der Waals surface area contributed by atoms with Gasteiger partial charge in [-0.25, -0.2) is 0 Å². The smallest absolute Gasteiger partial charge is 0.236 e. The van der Waals surface area contributed by atoms with Crippen molar-refractivity contribution in [2.24, 2.45) is 0 Å². The minimum absolute atomic E-state index is 0.0516. The second kappa shape index (κ2) is 8.48. The van der Waals surface area contributed by atoms with E-state index in [-0.39, 0.29) is 18.1 Å². The van der Waals surface area contributed by atoms with Crippen molar-refractivity contribution < 1.29 is 9.53 Å². The summed E-state index contributed by atoms with van der Waals surface area (Å²) in [6.07, 6.45) is 1.07. The maximum Gasteiger partial charge on any atom is 0.236 e. The molecule has 21 heavy (non-hydrogen) atoms. The monoisotopic (exact) mass is 311 g/mol. The molecule has 2 unspecified atom stereocenters. The van der Waals surface area contributed by atoms with Gasteiger partial charge in [0.25, 0.3) is 0 Å². The second-order valence-electron chi connectivity index (χ2n) is 5.51. The molecule has 2 atom stereocenters. The third-order valence-corrected chi connectivity index (χ3v) is 4.57. The first-order valence-electron chi connectivity index (χ1n) is 7.49. The van der Waals surface area contributed by atoms with Crippen molar-refractivity contribution in [3.63, 3.8) is 0 Å². The van der Waals surface area contributed by atoms with E-state index in [0.717, 1.165) is 26.1 Å². The van der Waals surface area contributed by atoms with Crippen LogP contribution in [0.5, 0.6) is 0 Å². The number of amides is 1. The molecule has 0 saturated carbocycles. The van der Waals surface area contributed by atoms with Gasteiger partial charge in [0.1, 0.15) is 0 Å². The fourth-order valence-electron chi connectivity index (χ4n) is 2.31. The van der Waals surface area contributed by atoms with E-state index in [0.29, 0.717) is 13.1 Å². The maximum atomic E-state index is 12.0. The number of carbonyl (C=O) groups excluding carboxylic acids is 1. The van der Waals surface area contributed by atoms with Crippen molar-refractivity contribution in [3.05, 3.63) is 22.4 Å². The fraction of sp³-hybridized carbons (Fsp3) is 0.667. The van der Waals surface area contributed by atoms with Crippen LogP contribution in [0, 0.1) is 0 Å². The fourth-order valence-corrected chi connectivity index (χ4v) is 3.02. The lowest BCUT2D eigenvalue weighted by Crippen LogP contribution is -2.49. The van der Waals surface area contributed by atoms with Gasteiger partial charge in [-0.05, 0) is 31.8 Å². The number of carbonyl (C=O) groups is 1. The number of hydrogen-bond donors (Lipinski definition) is 2. The lowest BCUT2D eigenvalue weighted by atomic mass is 10.2. The van der Waals surface area contributed by atoms with Gasteiger partial charge in [-0.3, -0.25) is 4.79 Å². The summed E-state index contributed by atoms with van der Waals surface area (Å²) in [5.74, 6) is 0.0516. The number of rotatable bonds is 7. The van der Waals surface area contributed by atoms with Crippen molar-refractivity contribution >= 4 is 17.2 Å². The van der Waals surface area contributed by atoms with Gasteiger partial charge in [-0.15, -0.1) is 11.3 Å². The molecule has 5 nitrogen and oxygen atoms in total. The largest absolute Gasteiger partial charge is 0.374 e. The number of ether oxygens (including phenoxy) is 1. The van der Waals surface area contributed by atoms with E-state index in [1.165, 1.54) is 4.88 Å². The summed E-state index contributed by atoms with van der Waals surface area (Å²) in [5, 5.41) is 8.28. The highest BCUT2D eigenvalue weighted by atomic mass is 32.1. The first kappa shape index (κ1) is 16.4. The summed E-state index contributed by atoms with van der Waals surface area (Å²) in [6, 6.07) is 3.94. The van der Waals surface area contributed by atoms with Crippen molar-refractivity contribution in [2.75, 3.05) is 39.8 Å². The van der Waals surface area contributed by atoms with E-state index in [4.69, 9.17) is 4.74 Å². The standard InChI is InChI=1S/C15H25N3O2S/c1-12(17-10-13-11-18(2)7-8-20-13)15(19)16-6-5-14-4-3-9-21-14/h3-4,9,12-13,17H,5-8,10-11H2,1-2H3,(H,16,19). The number of thiophene rings is 1. The number of morpholine rings is 1. The summed E-state index contributed by atoms with van der Waals surface area (Å²) >= 11 is 1.72. The summed E-state index contributed by atoms with van der Waals surface area (Å²) in [6.45, 7) is 5.96. The average molecular weight is 311 g/mol. The van der Waals surface area contributed by atoms with Crippen molar-refractivity contribution in [2.45, 2.75) is 25.5 Å². The van der Waals surface area contributed by atoms with E-state index >= 15 is 0 Å². The molecule has 1 amide bonds. The highest BCUT2D eigenvalue weighted by molar-refractivity contribution is 7.09. The molecule has 2 N–H and O–H groups in total. The summed E-state index contributed by atoms with van der Waals surface area (Å²) in [7, 11) is 2.09. The first-order valence-corrected chi connectivity index (χ1v) is 8.36. The molecule has 2 rings (SSSR count). The van der Waals surface area contributed by atoms with Gasteiger partial charge in [0, 0.05) is 31.1 Å². The summed E-state index contributed by atoms with van der Waals surface area (Å²) in [4.78, 5) is 15.5. The molecular weight excluding hydrogens is 286 g/mol. The minimum Gasteiger partial charge on any atom is -0.374 e. The topological polar surface area (TPSA) is 53.6 Å². The van der Waals surface area contributed by atoms with Gasteiger partial charge in [0.05, 0.1) is 18.8 Å². The molecule has 1 aliphatic heterocycles. The van der Waals surface area contributed by atoms with Crippen LogP contribution in [0.1, 0.15) is 11.8 Å². The molecule has 6 heteroatoms. The Bertz CT molecular complexity index is 425. The van der Waals surface area contributed by atoms with E-state index < -0.39 is 0 Å². The molecule has 0 aromatic carbocycles. The van der Waals surface area contributed by atoms with Crippen LogP contribution in [0.4, 0.5) is 0 Å². The molecule has 2 heterocycles. The maximum absolute atomic E-state index is 12.0. The Hall–Kier alpha value is -0.950. The molecule has 118 valence electrons. The quantitative estimate of drug-likeness (QED) is 0.779. The Balaban J connectivity index is 1.60. The van der Waals surface area contributed by atoms with Gasteiger partial charge < -0.3 is 20.3 Å². The third-order valence-electron chi connectivity index (χ3n) is 3.64. The van der Waals surface area contributed by atoms with E-state index in [1.807, 2.05) is 13.0 Å². The lowest BCUT2D eigenvalue weighted by Gasteiger charge is -2.30. The zero-order chi connectivity index (χ0) is 15.1. The highest BCUT2D eigenvalue weighted by Gasteiger charge is 2.19. The van der Waals surface area contributed by atoms with E-state index in [2.05, 4.69) is 34.0 Å². The Morgan fingerprint density at radius 1 is 1.62 bits per heavy atom. The van der Waals surface area contributed by atoms with Crippen LogP contribution in [-0.2, 0) is 16.0 Å². The first-order chi connectivity index (χ1) is 10.1. The number of likely N-dealkylation sites (N-methyl/N-ethyl adjacent to an activating group) is 1. The number of nitrogens with one attached hydrogen (secondary N) is 2. The van der Waals surface area contributed by atoms with Gasteiger partial charge in [-0.2, -0.15) is 0 Å². The lowest BCUT2D eigenvalue weighted by molar-refractivity contribution is -0.122. The summed E-state index contributed by atoms with van der Waals surface area (Å²) in [5.41, 5.74) is 0. The van der Waals surface area contributed by atoms with Gasteiger partial charge >= 0.3 is 0 Å². The predicted octanol–water partition coefficient (Wildman–Crippen LogP) is 0.716. The van der Waals surface area contributed by atoms with Crippen LogP contribution >= 0.6 is 11.3 Å². The van der Waals surface area contributed by atoms with Crippen LogP contribution in [-0.4, -0.2) is 62.8 Å². The van der Waals surface area contributed by atoms with Crippen LogP contribution in [0.3, 0.4) is 0 Å². The zero-order valence-electron chi connectivity index (χ0n) is 12.8. The average Bonchev–Trinajstić information content (AvgIpc) is 2.98. The van der Waals surface area contributed by atoms with Gasteiger partial charge in [0.15, 0.2) is 0 Å². The Kier molecular flexibility index (Phi) is 6.63.